The van der Waals surface area contributed by atoms with Crippen LogP contribution in [0.15, 0.2) is 54.6 Å². The van der Waals surface area contributed by atoms with Crippen molar-refractivity contribution < 1.29 is 9.59 Å². The Bertz CT molecular complexity index is 879. The number of unbranched alkanes of at least 4 members (excludes halogenated alkanes) is 1. The Hall–Kier alpha value is -2.37. The average molecular weight is 428 g/mol. The monoisotopic (exact) mass is 427 g/mol. The van der Waals surface area contributed by atoms with Crippen LogP contribution >= 0.6 is 12.4 Å². The number of carbonyl (C=O) groups excluding carboxylic acids is 2. The molecule has 1 fully saturated rings. The Morgan fingerprint density at radius 3 is 2.33 bits per heavy atom. The first kappa shape index (κ1) is 22.3. The Morgan fingerprint density at radius 1 is 0.967 bits per heavy atom. The molecule has 2 heterocycles. The van der Waals surface area contributed by atoms with Crippen molar-refractivity contribution in [1.29, 1.82) is 0 Å². The number of likely N-dealkylation sites (tertiary alicyclic amines) is 1. The van der Waals surface area contributed by atoms with Gasteiger partial charge in [0.25, 0.3) is 5.91 Å². The zero-order valence-corrected chi connectivity index (χ0v) is 18.3. The summed E-state index contributed by atoms with van der Waals surface area (Å²) in [5.74, 6) is -0.0600. The van der Waals surface area contributed by atoms with Crippen LogP contribution in [0.25, 0.3) is 0 Å². The number of rotatable bonds is 5. The van der Waals surface area contributed by atoms with E-state index in [1.807, 2.05) is 35.2 Å². The molecule has 0 atom stereocenters. The summed E-state index contributed by atoms with van der Waals surface area (Å²) in [4.78, 5) is 31.1. The van der Waals surface area contributed by atoms with Gasteiger partial charge in [-0.05, 0) is 37.0 Å². The third-order valence-corrected chi connectivity index (χ3v) is 6.26. The number of piperidine rings is 1. The van der Waals surface area contributed by atoms with Gasteiger partial charge in [-0.25, -0.2) is 0 Å². The first-order chi connectivity index (χ1) is 14.1. The predicted molar refractivity (Wildman–Crippen MR) is 122 cm³/mol. The summed E-state index contributed by atoms with van der Waals surface area (Å²) in [7, 11) is 0. The Morgan fingerprint density at radius 2 is 1.63 bits per heavy atom. The summed E-state index contributed by atoms with van der Waals surface area (Å²) < 4.78 is 0. The number of hydrogen-bond donors (Lipinski definition) is 1. The largest absolute Gasteiger partial charge is 0.324 e. The quantitative estimate of drug-likeness (QED) is 0.772. The molecule has 5 nitrogen and oxygen atoms in total. The number of fused-ring (bicyclic) bond motifs is 1. The maximum atomic E-state index is 13.5. The van der Waals surface area contributed by atoms with Crippen molar-refractivity contribution in [3.63, 3.8) is 0 Å². The third-order valence-electron chi connectivity index (χ3n) is 6.26. The Balaban J connectivity index is 0.00000256. The number of halogens is 1. The van der Waals surface area contributed by atoms with Crippen LogP contribution in [0.2, 0.25) is 0 Å². The van der Waals surface area contributed by atoms with Gasteiger partial charge in [-0.15, -0.1) is 12.4 Å². The lowest BCUT2D eigenvalue weighted by Gasteiger charge is -2.46. The van der Waals surface area contributed by atoms with Crippen molar-refractivity contribution in [2.75, 3.05) is 25.0 Å². The van der Waals surface area contributed by atoms with Gasteiger partial charge in [-0.1, -0.05) is 55.8 Å². The molecule has 0 radical (unpaired) electrons. The van der Waals surface area contributed by atoms with Gasteiger partial charge in [-0.3, -0.25) is 14.5 Å². The molecule has 0 bridgehead atoms. The summed E-state index contributed by atoms with van der Waals surface area (Å²) in [5, 5.41) is 3.06. The second-order valence-electron chi connectivity index (χ2n) is 8.10. The fraction of sp³-hybridized carbons (Fsp3) is 0.417. The zero-order chi connectivity index (χ0) is 20.3. The van der Waals surface area contributed by atoms with Crippen molar-refractivity contribution in [3.8, 4) is 0 Å². The number of hydrogen-bond acceptors (Lipinski definition) is 3. The van der Waals surface area contributed by atoms with Crippen LogP contribution in [0.5, 0.6) is 0 Å². The van der Waals surface area contributed by atoms with Crippen LogP contribution in [0, 0.1) is 0 Å². The summed E-state index contributed by atoms with van der Waals surface area (Å²) in [6.07, 6.45) is 3.21. The molecule has 1 spiro atoms. The molecule has 1 N–H and O–H groups in total. The number of amides is 2. The fourth-order valence-electron chi connectivity index (χ4n) is 4.53. The van der Waals surface area contributed by atoms with E-state index in [9.17, 15) is 9.59 Å². The molecular formula is C24H30ClN3O2. The van der Waals surface area contributed by atoms with Crippen LogP contribution in [-0.2, 0) is 11.3 Å². The predicted octanol–water partition coefficient (Wildman–Crippen LogP) is 4.34. The molecule has 1 saturated heterocycles. The van der Waals surface area contributed by atoms with E-state index in [0.29, 0.717) is 30.6 Å². The zero-order valence-electron chi connectivity index (χ0n) is 17.5. The van der Waals surface area contributed by atoms with Crippen LogP contribution in [0.1, 0.15) is 48.5 Å². The summed E-state index contributed by atoms with van der Waals surface area (Å²) in [6.45, 7) is 5.21. The molecule has 2 aromatic carbocycles. The fourth-order valence-corrected chi connectivity index (χ4v) is 4.53. The van der Waals surface area contributed by atoms with Crippen LogP contribution in [-0.4, -0.2) is 46.8 Å². The molecule has 30 heavy (non-hydrogen) atoms. The lowest BCUT2D eigenvalue weighted by Crippen LogP contribution is -2.62. The molecule has 0 unspecified atom stereocenters. The molecule has 4 rings (SSSR count). The van der Waals surface area contributed by atoms with E-state index in [0.717, 1.165) is 32.5 Å². The molecule has 160 valence electrons. The minimum atomic E-state index is -0.765. The SMILES string of the molecule is CCCCN1C(=O)c2ccccc2NC(=O)C12CCN(Cc1ccccc1)CC2.Cl. The molecule has 0 aliphatic carbocycles. The van der Waals surface area contributed by atoms with Gasteiger partial charge in [0.1, 0.15) is 5.54 Å². The second kappa shape index (κ2) is 9.63. The molecule has 2 aliphatic rings. The highest BCUT2D eigenvalue weighted by Crippen LogP contribution is 2.36. The Labute approximate surface area is 184 Å². The third kappa shape index (κ3) is 4.23. The van der Waals surface area contributed by atoms with E-state index in [-0.39, 0.29) is 24.2 Å². The maximum absolute atomic E-state index is 13.5. The molecule has 2 amide bonds. The van der Waals surface area contributed by atoms with E-state index in [4.69, 9.17) is 0 Å². The standard InChI is InChI=1S/C24H29N3O2.ClH/c1-2-3-15-27-22(28)20-11-7-8-12-21(20)25-23(29)24(27)13-16-26(17-14-24)18-19-9-5-4-6-10-19;/h4-12H,2-3,13-18H2,1H3,(H,25,29);1H. The van der Waals surface area contributed by atoms with E-state index in [2.05, 4.69) is 41.4 Å². The first-order valence-corrected chi connectivity index (χ1v) is 10.6. The van der Waals surface area contributed by atoms with Crippen molar-refractivity contribution >= 4 is 29.9 Å². The molecule has 2 aliphatic heterocycles. The van der Waals surface area contributed by atoms with E-state index in [1.54, 1.807) is 0 Å². The highest BCUT2D eigenvalue weighted by Gasteiger charge is 2.50. The number of carbonyl (C=O) groups is 2. The number of para-hydroxylation sites is 1. The minimum absolute atomic E-state index is 0. The van der Waals surface area contributed by atoms with Gasteiger partial charge in [0.15, 0.2) is 0 Å². The number of benzene rings is 2. The van der Waals surface area contributed by atoms with Crippen LogP contribution in [0.3, 0.4) is 0 Å². The van der Waals surface area contributed by atoms with Crippen LogP contribution in [0.4, 0.5) is 5.69 Å². The lowest BCUT2D eigenvalue weighted by atomic mass is 9.84. The molecule has 6 heteroatoms. The van der Waals surface area contributed by atoms with Gasteiger partial charge < -0.3 is 10.2 Å². The van der Waals surface area contributed by atoms with Gasteiger partial charge >= 0.3 is 0 Å². The minimum Gasteiger partial charge on any atom is -0.324 e. The second-order valence-corrected chi connectivity index (χ2v) is 8.10. The van der Waals surface area contributed by atoms with Crippen molar-refractivity contribution in [3.05, 3.63) is 65.7 Å². The smallest absolute Gasteiger partial charge is 0.256 e. The first-order valence-electron chi connectivity index (χ1n) is 10.6. The highest BCUT2D eigenvalue weighted by molar-refractivity contribution is 6.11. The maximum Gasteiger partial charge on any atom is 0.256 e. The van der Waals surface area contributed by atoms with Crippen molar-refractivity contribution in [1.82, 2.24) is 9.80 Å². The van der Waals surface area contributed by atoms with Crippen molar-refractivity contribution in [2.45, 2.75) is 44.7 Å². The van der Waals surface area contributed by atoms with Gasteiger partial charge in [-0.2, -0.15) is 0 Å². The molecule has 2 aromatic rings. The number of nitrogens with zero attached hydrogens (tertiary/aromatic N) is 2. The average Bonchev–Trinajstić information content (AvgIpc) is 2.83. The van der Waals surface area contributed by atoms with Gasteiger partial charge in [0.2, 0.25) is 5.91 Å². The van der Waals surface area contributed by atoms with E-state index < -0.39 is 5.54 Å². The summed E-state index contributed by atoms with van der Waals surface area (Å²) >= 11 is 0. The normalized spacial score (nSPS) is 18.4. The highest BCUT2D eigenvalue weighted by atomic mass is 35.5. The number of nitrogens with one attached hydrogen (secondary N) is 1. The lowest BCUT2D eigenvalue weighted by molar-refractivity contribution is -0.129. The van der Waals surface area contributed by atoms with Gasteiger partial charge in [0, 0.05) is 26.2 Å². The topological polar surface area (TPSA) is 52.7 Å². The van der Waals surface area contributed by atoms with Crippen molar-refractivity contribution in [2.24, 2.45) is 0 Å². The van der Waals surface area contributed by atoms with E-state index >= 15 is 0 Å². The summed E-state index contributed by atoms with van der Waals surface area (Å²) in [6, 6.07) is 17.8. The molecule has 0 saturated carbocycles. The van der Waals surface area contributed by atoms with Gasteiger partial charge in [0.05, 0.1) is 11.3 Å². The Kier molecular flexibility index (Phi) is 7.16. The number of anilines is 1. The molecule has 0 aromatic heterocycles. The van der Waals surface area contributed by atoms with Crippen LogP contribution < -0.4 is 5.32 Å². The molecular weight excluding hydrogens is 398 g/mol. The van der Waals surface area contributed by atoms with E-state index in [1.165, 1.54) is 5.56 Å². The summed E-state index contributed by atoms with van der Waals surface area (Å²) in [5.41, 5.74) is 1.74.